The molecule has 82 valence electrons. The minimum Gasteiger partial charge on any atom is -0.451 e. The first-order chi connectivity index (χ1) is 7.58. The Hall–Kier alpha value is -1.26. The van der Waals surface area contributed by atoms with Gasteiger partial charge in [-0.1, -0.05) is 17.7 Å². The minimum atomic E-state index is -0.588. The van der Waals surface area contributed by atoms with Crippen LogP contribution in [-0.4, -0.2) is 5.91 Å². The third-order valence-corrected chi connectivity index (χ3v) is 3.29. The second kappa shape index (κ2) is 4.31. The van der Waals surface area contributed by atoms with Crippen LogP contribution in [0, 0.1) is 0 Å². The number of carbonyl (C=O) groups is 1. The lowest BCUT2D eigenvalue weighted by Crippen LogP contribution is -2.09. The molecular weight excluding hydrogens is 293 g/mol. The Morgan fingerprint density at radius 3 is 2.62 bits per heavy atom. The quantitative estimate of drug-likeness (QED) is 0.923. The van der Waals surface area contributed by atoms with Crippen molar-refractivity contribution in [1.82, 2.24) is 0 Å². The molecule has 2 N–H and O–H groups in total. The third kappa shape index (κ3) is 2.13. The Morgan fingerprint density at radius 2 is 2.06 bits per heavy atom. The molecule has 1 aromatic heterocycles. The summed E-state index contributed by atoms with van der Waals surface area (Å²) in [7, 11) is 0. The molecule has 0 saturated heterocycles. The number of rotatable bonds is 2. The van der Waals surface area contributed by atoms with Crippen molar-refractivity contribution in [3.63, 3.8) is 0 Å². The lowest BCUT2D eigenvalue weighted by atomic mass is 10.2. The highest BCUT2D eigenvalue weighted by Crippen LogP contribution is 2.29. The molecule has 0 aliphatic carbocycles. The normalized spacial score (nSPS) is 10.4. The van der Waals surface area contributed by atoms with Crippen LogP contribution in [-0.2, 0) is 0 Å². The van der Waals surface area contributed by atoms with Crippen molar-refractivity contribution in [2.45, 2.75) is 0 Å². The number of primary amides is 1. The van der Waals surface area contributed by atoms with Crippen LogP contribution in [0.4, 0.5) is 0 Å². The first-order valence-corrected chi connectivity index (χ1v) is 5.60. The van der Waals surface area contributed by atoms with Crippen molar-refractivity contribution < 1.29 is 9.21 Å². The van der Waals surface area contributed by atoms with Gasteiger partial charge in [-0.05, 0) is 40.2 Å². The maximum absolute atomic E-state index is 10.9. The number of furan rings is 1. The second-order valence-corrected chi connectivity index (χ2v) is 4.42. The van der Waals surface area contributed by atoms with Crippen molar-refractivity contribution in [3.8, 4) is 11.3 Å². The molecule has 1 aromatic carbocycles. The molecule has 3 nitrogen and oxygen atoms in total. The van der Waals surface area contributed by atoms with Gasteiger partial charge in [0, 0.05) is 10.0 Å². The first-order valence-electron chi connectivity index (χ1n) is 4.43. The summed E-state index contributed by atoms with van der Waals surface area (Å²) in [6, 6.07) is 8.60. The highest BCUT2D eigenvalue weighted by molar-refractivity contribution is 9.10. The van der Waals surface area contributed by atoms with Gasteiger partial charge in [-0.2, -0.15) is 0 Å². The fourth-order valence-electron chi connectivity index (χ4n) is 1.27. The van der Waals surface area contributed by atoms with Crippen molar-refractivity contribution in [2.75, 3.05) is 0 Å². The second-order valence-electron chi connectivity index (χ2n) is 3.16. The third-order valence-electron chi connectivity index (χ3n) is 2.05. The van der Waals surface area contributed by atoms with E-state index in [1.165, 1.54) is 6.07 Å². The van der Waals surface area contributed by atoms with Crippen molar-refractivity contribution in [3.05, 3.63) is 45.6 Å². The Morgan fingerprint density at radius 1 is 1.31 bits per heavy atom. The number of hydrogen-bond acceptors (Lipinski definition) is 2. The van der Waals surface area contributed by atoms with E-state index in [-0.39, 0.29) is 5.76 Å². The minimum absolute atomic E-state index is 0.133. The van der Waals surface area contributed by atoms with Gasteiger partial charge >= 0.3 is 0 Å². The van der Waals surface area contributed by atoms with Gasteiger partial charge in [0.2, 0.25) is 0 Å². The van der Waals surface area contributed by atoms with E-state index in [4.69, 9.17) is 21.8 Å². The van der Waals surface area contributed by atoms with E-state index >= 15 is 0 Å². The molecule has 0 aliphatic heterocycles. The van der Waals surface area contributed by atoms with Crippen LogP contribution in [0.5, 0.6) is 0 Å². The predicted molar refractivity (Wildman–Crippen MR) is 65.4 cm³/mol. The molecule has 1 amide bonds. The summed E-state index contributed by atoms with van der Waals surface area (Å²) in [5.41, 5.74) is 5.89. The smallest absolute Gasteiger partial charge is 0.284 e. The monoisotopic (exact) mass is 299 g/mol. The summed E-state index contributed by atoms with van der Waals surface area (Å²) in [6.07, 6.45) is 0. The summed E-state index contributed by atoms with van der Waals surface area (Å²) >= 11 is 9.25. The lowest BCUT2D eigenvalue weighted by Gasteiger charge is -1.99. The number of benzene rings is 1. The van der Waals surface area contributed by atoms with Crippen molar-refractivity contribution in [1.29, 1.82) is 0 Å². The summed E-state index contributed by atoms with van der Waals surface area (Å²) in [5.74, 6) is 0.103. The van der Waals surface area contributed by atoms with E-state index in [0.29, 0.717) is 10.8 Å². The van der Waals surface area contributed by atoms with E-state index in [0.717, 1.165) is 10.0 Å². The van der Waals surface area contributed by atoms with Gasteiger partial charge in [-0.25, -0.2) is 0 Å². The molecule has 5 heteroatoms. The average molecular weight is 301 g/mol. The SMILES string of the molecule is NC(=O)c1ccc(-c2ccc(Br)c(Cl)c2)o1. The highest BCUT2D eigenvalue weighted by Gasteiger charge is 2.09. The van der Waals surface area contributed by atoms with Crippen LogP contribution >= 0.6 is 27.5 Å². The lowest BCUT2D eigenvalue weighted by molar-refractivity contribution is 0.0975. The van der Waals surface area contributed by atoms with Gasteiger partial charge in [0.05, 0.1) is 5.02 Å². The van der Waals surface area contributed by atoms with Crippen LogP contribution in [0.3, 0.4) is 0 Å². The van der Waals surface area contributed by atoms with Crippen LogP contribution in [0.1, 0.15) is 10.6 Å². The molecule has 0 radical (unpaired) electrons. The topological polar surface area (TPSA) is 56.2 Å². The summed E-state index contributed by atoms with van der Waals surface area (Å²) in [5, 5.41) is 0.578. The van der Waals surface area contributed by atoms with E-state index in [1.54, 1.807) is 12.1 Å². The van der Waals surface area contributed by atoms with Gasteiger partial charge in [0.15, 0.2) is 5.76 Å². The zero-order valence-corrected chi connectivity index (χ0v) is 10.4. The average Bonchev–Trinajstić information content (AvgIpc) is 2.71. The molecule has 0 unspecified atom stereocenters. The molecule has 0 bridgehead atoms. The van der Waals surface area contributed by atoms with E-state index < -0.39 is 5.91 Å². The zero-order chi connectivity index (χ0) is 11.7. The Bertz CT molecular complexity index is 551. The Labute approximate surface area is 105 Å². The molecule has 0 atom stereocenters. The summed E-state index contributed by atoms with van der Waals surface area (Å²) in [4.78, 5) is 10.9. The van der Waals surface area contributed by atoms with Gasteiger partial charge in [-0.3, -0.25) is 4.79 Å². The fourth-order valence-corrected chi connectivity index (χ4v) is 1.70. The van der Waals surface area contributed by atoms with Gasteiger partial charge in [-0.15, -0.1) is 0 Å². The standard InChI is InChI=1S/C11H7BrClNO2/c12-7-2-1-6(5-8(7)13)9-3-4-10(16-9)11(14)15/h1-5H,(H2,14,15). The van der Waals surface area contributed by atoms with Crippen molar-refractivity contribution in [2.24, 2.45) is 5.73 Å². The zero-order valence-electron chi connectivity index (χ0n) is 8.04. The van der Waals surface area contributed by atoms with Gasteiger partial charge < -0.3 is 10.2 Å². The Balaban J connectivity index is 2.42. The molecule has 2 aromatic rings. The maximum Gasteiger partial charge on any atom is 0.284 e. The molecular formula is C11H7BrClNO2. The number of hydrogen-bond donors (Lipinski definition) is 1. The molecule has 0 aliphatic rings. The van der Waals surface area contributed by atoms with Crippen LogP contribution < -0.4 is 5.73 Å². The van der Waals surface area contributed by atoms with Crippen LogP contribution in [0.25, 0.3) is 11.3 Å². The number of amides is 1. The maximum atomic E-state index is 10.9. The van der Waals surface area contributed by atoms with Crippen molar-refractivity contribution >= 4 is 33.4 Å². The predicted octanol–water partition coefficient (Wildman–Crippen LogP) is 3.46. The van der Waals surface area contributed by atoms with Crippen LogP contribution in [0.2, 0.25) is 5.02 Å². The largest absolute Gasteiger partial charge is 0.451 e. The highest BCUT2D eigenvalue weighted by atomic mass is 79.9. The first kappa shape index (κ1) is 11.2. The van der Waals surface area contributed by atoms with Gasteiger partial charge in [0.25, 0.3) is 5.91 Å². The molecule has 1 heterocycles. The van der Waals surface area contributed by atoms with Gasteiger partial charge in [0.1, 0.15) is 5.76 Å². The fraction of sp³-hybridized carbons (Fsp3) is 0. The van der Waals surface area contributed by atoms with E-state index in [2.05, 4.69) is 15.9 Å². The van der Waals surface area contributed by atoms with E-state index in [9.17, 15) is 4.79 Å². The molecule has 2 rings (SSSR count). The molecule has 0 spiro atoms. The number of carbonyl (C=O) groups excluding carboxylic acids is 1. The van der Waals surface area contributed by atoms with Crippen LogP contribution in [0.15, 0.2) is 39.2 Å². The summed E-state index contributed by atoms with van der Waals surface area (Å²) < 4.78 is 6.08. The Kier molecular flexibility index (Phi) is 3.03. The molecule has 0 saturated carbocycles. The molecule has 0 fully saturated rings. The number of nitrogens with two attached hydrogens (primary N) is 1. The van der Waals surface area contributed by atoms with E-state index in [1.807, 2.05) is 12.1 Å². The number of halogens is 2. The summed E-state index contributed by atoms with van der Waals surface area (Å²) in [6.45, 7) is 0. The molecule has 16 heavy (non-hydrogen) atoms.